The smallest absolute Gasteiger partial charge is 0.0725 e. The fourth-order valence-corrected chi connectivity index (χ4v) is 1.96. The molecule has 0 fully saturated rings. The van der Waals surface area contributed by atoms with E-state index in [4.69, 9.17) is 0 Å². The third-order valence-electron chi connectivity index (χ3n) is 2.61. The third kappa shape index (κ3) is 1.78. The van der Waals surface area contributed by atoms with Crippen LogP contribution in [-0.2, 0) is 0 Å². The molecule has 0 N–H and O–H groups in total. The lowest BCUT2D eigenvalue weighted by atomic mass is 9.96. The van der Waals surface area contributed by atoms with E-state index in [1.165, 1.54) is 16.7 Å². The molecule has 0 aromatic heterocycles. The Kier molecular flexibility index (Phi) is 2.55. The van der Waals surface area contributed by atoms with E-state index in [2.05, 4.69) is 30.6 Å². The van der Waals surface area contributed by atoms with Gasteiger partial charge in [0.25, 0.3) is 0 Å². The van der Waals surface area contributed by atoms with E-state index in [-0.39, 0.29) is 0 Å². The summed E-state index contributed by atoms with van der Waals surface area (Å²) >= 11 is 0. The Morgan fingerprint density at radius 2 is 1.93 bits per heavy atom. The van der Waals surface area contributed by atoms with E-state index in [0.29, 0.717) is 0 Å². The Labute approximate surface area is 90.9 Å². The zero-order chi connectivity index (χ0) is 10.8. The monoisotopic (exact) mass is 197 g/mol. The lowest BCUT2D eigenvalue weighted by Gasteiger charge is -2.07. The maximum absolute atomic E-state index is 4.57. The van der Waals surface area contributed by atoms with Gasteiger partial charge in [-0.05, 0) is 25.0 Å². The van der Waals surface area contributed by atoms with E-state index in [1.807, 2.05) is 25.1 Å². The summed E-state index contributed by atoms with van der Waals surface area (Å²) in [5.74, 6) is 0. The van der Waals surface area contributed by atoms with Gasteiger partial charge in [0.1, 0.15) is 0 Å². The highest BCUT2D eigenvalue weighted by Gasteiger charge is 2.18. The van der Waals surface area contributed by atoms with E-state index in [0.717, 1.165) is 17.8 Å². The van der Waals surface area contributed by atoms with E-state index >= 15 is 0 Å². The second-order valence-electron chi connectivity index (χ2n) is 3.97. The molecule has 1 aliphatic rings. The molecular weight excluding hydrogens is 182 g/mol. The number of benzene rings is 1. The number of nitrogens with zero attached hydrogens (tertiary/aromatic N) is 1. The molecule has 76 valence electrons. The maximum atomic E-state index is 4.57. The maximum Gasteiger partial charge on any atom is 0.0725 e. The molecule has 0 saturated heterocycles. The van der Waals surface area contributed by atoms with Gasteiger partial charge in [-0.25, -0.2) is 0 Å². The largest absolute Gasteiger partial charge is 0.280 e. The molecule has 2 rings (SSSR count). The normalized spacial score (nSPS) is 15.5. The van der Waals surface area contributed by atoms with Crippen molar-refractivity contribution in [2.75, 3.05) is 6.54 Å². The molecule has 15 heavy (non-hydrogen) atoms. The van der Waals surface area contributed by atoms with Gasteiger partial charge in [0.2, 0.25) is 0 Å². The van der Waals surface area contributed by atoms with Gasteiger partial charge in [0.05, 0.1) is 12.3 Å². The lowest BCUT2D eigenvalue weighted by molar-refractivity contribution is 1.17. The molecule has 1 aromatic rings. The van der Waals surface area contributed by atoms with Crippen LogP contribution in [0.2, 0.25) is 0 Å². The fourth-order valence-electron chi connectivity index (χ4n) is 1.96. The van der Waals surface area contributed by atoms with Gasteiger partial charge in [-0.15, -0.1) is 0 Å². The van der Waals surface area contributed by atoms with Crippen molar-refractivity contribution in [3.8, 4) is 0 Å². The van der Waals surface area contributed by atoms with Crippen LogP contribution in [0, 0.1) is 0 Å². The molecule has 0 saturated carbocycles. The van der Waals surface area contributed by atoms with Crippen molar-refractivity contribution in [1.82, 2.24) is 0 Å². The van der Waals surface area contributed by atoms with Crippen molar-refractivity contribution in [3.05, 3.63) is 59.2 Å². The van der Waals surface area contributed by atoms with E-state index in [1.54, 1.807) is 0 Å². The number of rotatable bonds is 2. The first-order valence-electron chi connectivity index (χ1n) is 5.16. The molecule has 0 spiro atoms. The summed E-state index contributed by atoms with van der Waals surface area (Å²) in [5, 5.41) is 0. The second kappa shape index (κ2) is 3.85. The summed E-state index contributed by atoms with van der Waals surface area (Å²) in [6.45, 7) is 9.01. The van der Waals surface area contributed by atoms with Crippen LogP contribution in [0.25, 0.3) is 0 Å². The van der Waals surface area contributed by atoms with Crippen LogP contribution >= 0.6 is 0 Å². The number of allylic oxidation sites excluding steroid dienone is 2. The van der Waals surface area contributed by atoms with Crippen molar-refractivity contribution in [1.29, 1.82) is 0 Å². The highest BCUT2D eigenvalue weighted by molar-refractivity contribution is 6.16. The van der Waals surface area contributed by atoms with Crippen LogP contribution < -0.4 is 0 Å². The van der Waals surface area contributed by atoms with Crippen molar-refractivity contribution in [2.45, 2.75) is 13.8 Å². The quantitative estimate of drug-likeness (QED) is 0.689. The highest BCUT2D eigenvalue weighted by atomic mass is 14.8. The summed E-state index contributed by atoms with van der Waals surface area (Å²) in [6, 6.07) is 10.3. The topological polar surface area (TPSA) is 12.4 Å². The molecule has 0 unspecified atom stereocenters. The first-order valence-corrected chi connectivity index (χ1v) is 5.16. The van der Waals surface area contributed by atoms with Crippen LogP contribution in [0.5, 0.6) is 0 Å². The van der Waals surface area contributed by atoms with Crippen molar-refractivity contribution in [3.63, 3.8) is 0 Å². The minimum Gasteiger partial charge on any atom is -0.280 e. The highest BCUT2D eigenvalue weighted by Crippen LogP contribution is 2.24. The molecule has 1 nitrogen and oxygen atoms in total. The van der Waals surface area contributed by atoms with Crippen LogP contribution in [0.3, 0.4) is 0 Å². The van der Waals surface area contributed by atoms with Crippen LogP contribution in [0.15, 0.2) is 58.6 Å². The zero-order valence-electron chi connectivity index (χ0n) is 9.25. The van der Waals surface area contributed by atoms with Gasteiger partial charge in [-0.3, -0.25) is 4.99 Å². The minimum atomic E-state index is 0.812. The molecule has 1 aliphatic heterocycles. The Hall–Kier alpha value is -1.63. The van der Waals surface area contributed by atoms with Crippen LogP contribution in [0.4, 0.5) is 0 Å². The molecule has 1 heterocycles. The van der Waals surface area contributed by atoms with Crippen molar-refractivity contribution in [2.24, 2.45) is 4.99 Å². The first kappa shape index (κ1) is 9.91. The van der Waals surface area contributed by atoms with Crippen LogP contribution in [-0.4, -0.2) is 12.3 Å². The standard InChI is InChI=1S/C14H15N/c1-10(2)13-11(3)9-15-14(13)12-7-5-4-6-8-12/h4-8H,1,9H2,2-3H3. The average molecular weight is 197 g/mol. The summed E-state index contributed by atoms with van der Waals surface area (Å²) in [4.78, 5) is 4.57. The fraction of sp³-hybridized carbons (Fsp3) is 0.214. The van der Waals surface area contributed by atoms with E-state index < -0.39 is 0 Å². The zero-order valence-corrected chi connectivity index (χ0v) is 9.25. The van der Waals surface area contributed by atoms with Crippen LogP contribution in [0.1, 0.15) is 19.4 Å². The van der Waals surface area contributed by atoms with Crippen molar-refractivity contribution >= 4 is 5.71 Å². The summed E-state index contributed by atoms with van der Waals surface area (Å²) in [7, 11) is 0. The molecule has 0 bridgehead atoms. The van der Waals surface area contributed by atoms with Gasteiger partial charge in [-0.1, -0.05) is 36.9 Å². The predicted molar refractivity (Wildman–Crippen MR) is 65.4 cm³/mol. The Bertz CT molecular complexity index is 449. The summed E-state index contributed by atoms with van der Waals surface area (Å²) in [5.41, 5.74) is 5.95. The van der Waals surface area contributed by atoms with Crippen molar-refractivity contribution < 1.29 is 0 Å². The molecular formula is C14H15N. The molecule has 0 aliphatic carbocycles. The second-order valence-corrected chi connectivity index (χ2v) is 3.97. The van der Waals surface area contributed by atoms with Gasteiger partial charge in [-0.2, -0.15) is 0 Å². The Morgan fingerprint density at radius 1 is 1.27 bits per heavy atom. The molecule has 0 radical (unpaired) electrons. The summed E-state index contributed by atoms with van der Waals surface area (Å²) in [6.07, 6.45) is 0. The average Bonchev–Trinajstić information content (AvgIpc) is 2.61. The molecule has 1 heteroatoms. The lowest BCUT2D eigenvalue weighted by Crippen LogP contribution is -2.03. The number of hydrogen-bond donors (Lipinski definition) is 0. The Balaban J connectivity index is 2.45. The predicted octanol–water partition coefficient (Wildman–Crippen LogP) is 3.38. The number of aliphatic imine (C=N–C) groups is 1. The Morgan fingerprint density at radius 3 is 2.53 bits per heavy atom. The minimum absolute atomic E-state index is 0.812. The molecule has 0 atom stereocenters. The summed E-state index contributed by atoms with van der Waals surface area (Å²) < 4.78 is 0. The molecule has 0 amide bonds. The van der Waals surface area contributed by atoms with Gasteiger partial charge in [0, 0.05) is 11.1 Å². The van der Waals surface area contributed by atoms with Gasteiger partial charge in [0.15, 0.2) is 0 Å². The van der Waals surface area contributed by atoms with Gasteiger partial charge >= 0.3 is 0 Å². The molecule has 1 aromatic carbocycles. The van der Waals surface area contributed by atoms with Gasteiger partial charge < -0.3 is 0 Å². The SMILES string of the molecule is C=C(C)C1=C(C)CN=C1c1ccccc1. The number of hydrogen-bond acceptors (Lipinski definition) is 1. The first-order chi connectivity index (χ1) is 7.20. The van der Waals surface area contributed by atoms with E-state index in [9.17, 15) is 0 Å². The third-order valence-corrected chi connectivity index (χ3v) is 2.61.